The van der Waals surface area contributed by atoms with Gasteiger partial charge in [-0.25, -0.2) is 4.79 Å². The van der Waals surface area contributed by atoms with Crippen LogP contribution in [0.25, 0.3) is 11.0 Å². The highest BCUT2D eigenvalue weighted by Crippen LogP contribution is 2.28. The maximum absolute atomic E-state index is 11.9. The van der Waals surface area contributed by atoms with Crippen molar-refractivity contribution in [2.45, 2.75) is 45.8 Å². The lowest BCUT2D eigenvalue weighted by Gasteiger charge is -2.33. The van der Waals surface area contributed by atoms with Crippen LogP contribution in [0.4, 0.5) is 0 Å². The SMILES string of the molecule is CCc1cc2oc(=O)cc(CN3CCC(C(C)O)CC3)c2cc1Cl. The van der Waals surface area contributed by atoms with Crippen molar-refractivity contribution >= 4 is 22.6 Å². The van der Waals surface area contributed by atoms with Crippen molar-refractivity contribution in [1.29, 1.82) is 0 Å². The van der Waals surface area contributed by atoms with Crippen LogP contribution in [-0.2, 0) is 13.0 Å². The number of hydrogen-bond acceptors (Lipinski definition) is 4. The van der Waals surface area contributed by atoms with Crippen LogP contribution in [0.5, 0.6) is 0 Å². The Morgan fingerprint density at radius 2 is 2.00 bits per heavy atom. The van der Waals surface area contributed by atoms with Gasteiger partial charge < -0.3 is 9.52 Å². The molecular weight excluding hydrogens is 326 g/mol. The second-order valence-electron chi connectivity index (χ2n) is 6.74. The number of aliphatic hydroxyl groups is 1. The zero-order valence-corrected chi connectivity index (χ0v) is 15.0. The second kappa shape index (κ2) is 7.26. The molecule has 1 saturated heterocycles. The molecule has 1 aromatic heterocycles. The summed E-state index contributed by atoms with van der Waals surface area (Å²) in [6.07, 6.45) is 2.52. The van der Waals surface area contributed by atoms with Crippen molar-refractivity contribution in [3.05, 3.63) is 44.8 Å². The van der Waals surface area contributed by atoms with Crippen LogP contribution in [0.3, 0.4) is 0 Å². The average Bonchev–Trinajstić information content (AvgIpc) is 2.55. The molecule has 1 aromatic carbocycles. The highest BCUT2D eigenvalue weighted by Gasteiger charge is 2.23. The molecule has 3 rings (SSSR count). The fraction of sp³-hybridized carbons (Fsp3) is 0.526. The first-order valence-corrected chi connectivity index (χ1v) is 9.01. The molecule has 1 N–H and O–H groups in total. The number of benzene rings is 1. The minimum Gasteiger partial charge on any atom is -0.423 e. The van der Waals surface area contributed by atoms with Crippen molar-refractivity contribution in [2.24, 2.45) is 5.92 Å². The zero-order valence-electron chi connectivity index (χ0n) is 14.2. The summed E-state index contributed by atoms with van der Waals surface area (Å²) in [6.45, 7) is 6.46. The molecule has 1 fully saturated rings. The Labute approximate surface area is 147 Å². The van der Waals surface area contributed by atoms with Crippen LogP contribution < -0.4 is 5.63 Å². The van der Waals surface area contributed by atoms with Crippen LogP contribution in [-0.4, -0.2) is 29.2 Å². The van der Waals surface area contributed by atoms with Gasteiger partial charge in [0.1, 0.15) is 5.58 Å². The van der Waals surface area contributed by atoms with Gasteiger partial charge in [0.25, 0.3) is 0 Å². The van der Waals surface area contributed by atoms with Crippen LogP contribution in [0.2, 0.25) is 5.02 Å². The molecule has 24 heavy (non-hydrogen) atoms. The molecular formula is C19H24ClNO3. The van der Waals surface area contributed by atoms with E-state index in [2.05, 4.69) is 4.90 Å². The van der Waals surface area contributed by atoms with E-state index < -0.39 is 0 Å². The first-order chi connectivity index (χ1) is 11.5. The second-order valence-corrected chi connectivity index (χ2v) is 7.15. The molecule has 5 heteroatoms. The number of aliphatic hydroxyl groups excluding tert-OH is 1. The fourth-order valence-electron chi connectivity index (χ4n) is 3.52. The highest BCUT2D eigenvalue weighted by molar-refractivity contribution is 6.32. The lowest BCUT2D eigenvalue weighted by Crippen LogP contribution is -2.36. The summed E-state index contributed by atoms with van der Waals surface area (Å²) < 4.78 is 5.37. The Morgan fingerprint density at radius 1 is 1.29 bits per heavy atom. The number of halogens is 1. The normalized spacial score (nSPS) is 18.2. The van der Waals surface area contributed by atoms with Crippen molar-refractivity contribution in [3.8, 4) is 0 Å². The third kappa shape index (κ3) is 3.66. The number of fused-ring (bicyclic) bond motifs is 1. The Kier molecular flexibility index (Phi) is 5.28. The molecule has 1 unspecified atom stereocenters. The van der Waals surface area contributed by atoms with Crippen molar-refractivity contribution in [2.75, 3.05) is 13.1 Å². The Balaban J connectivity index is 1.87. The molecule has 0 saturated carbocycles. The maximum atomic E-state index is 11.9. The molecule has 1 aliphatic rings. The van der Waals surface area contributed by atoms with Gasteiger partial charge >= 0.3 is 5.63 Å². The average molecular weight is 350 g/mol. The number of likely N-dealkylation sites (tertiary alicyclic amines) is 1. The van der Waals surface area contributed by atoms with Gasteiger partial charge in [0.15, 0.2) is 0 Å². The summed E-state index contributed by atoms with van der Waals surface area (Å²) in [5.74, 6) is 0.375. The monoisotopic (exact) mass is 349 g/mol. The highest BCUT2D eigenvalue weighted by atomic mass is 35.5. The zero-order chi connectivity index (χ0) is 17.3. The van der Waals surface area contributed by atoms with E-state index in [1.165, 1.54) is 0 Å². The van der Waals surface area contributed by atoms with Gasteiger partial charge in [-0.05, 0) is 68.5 Å². The molecule has 1 atom stereocenters. The maximum Gasteiger partial charge on any atom is 0.336 e. The summed E-state index contributed by atoms with van der Waals surface area (Å²) in [5.41, 5.74) is 2.24. The van der Waals surface area contributed by atoms with E-state index in [1.54, 1.807) is 6.07 Å². The largest absolute Gasteiger partial charge is 0.423 e. The minimum absolute atomic E-state index is 0.247. The molecule has 4 nitrogen and oxygen atoms in total. The number of piperidine rings is 1. The standard InChI is InChI=1S/C19H24ClNO3/c1-3-13-8-18-16(10-17(13)20)15(9-19(23)24-18)11-21-6-4-14(5-7-21)12(2)22/h8-10,12,14,22H,3-7,11H2,1-2H3. The van der Waals surface area contributed by atoms with Gasteiger partial charge in [0, 0.05) is 23.0 Å². The summed E-state index contributed by atoms with van der Waals surface area (Å²) in [6, 6.07) is 5.36. The number of aryl methyl sites for hydroxylation is 1. The lowest BCUT2D eigenvalue weighted by molar-refractivity contribution is 0.0696. The van der Waals surface area contributed by atoms with E-state index in [4.69, 9.17) is 16.0 Å². The van der Waals surface area contributed by atoms with Crippen LogP contribution in [0.1, 0.15) is 37.8 Å². The quantitative estimate of drug-likeness (QED) is 0.857. The van der Waals surface area contributed by atoms with Crippen molar-refractivity contribution in [1.82, 2.24) is 4.90 Å². The third-order valence-corrected chi connectivity index (χ3v) is 5.44. The summed E-state index contributed by atoms with van der Waals surface area (Å²) in [5, 5.41) is 11.4. The van der Waals surface area contributed by atoms with E-state index in [1.807, 2.05) is 26.0 Å². The van der Waals surface area contributed by atoms with E-state index in [9.17, 15) is 9.90 Å². The fourth-order valence-corrected chi connectivity index (χ4v) is 3.82. The van der Waals surface area contributed by atoms with Crippen LogP contribution >= 0.6 is 11.6 Å². The molecule has 2 aromatic rings. The van der Waals surface area contributed by atoms with Gasteiger partial charge in [-0.3, -0.25) is 4.90 Å². The van der Waals surface area contributed by atoms with Gasteiger partial charge in [0.2, 0.25) is 0 Å². The van der Waals surface area contributed by atoms with Gasteiger partial charge in [0.05, 0.1) is 6.10 Å². The predicted molar refractivity (Wildman–Crippen MR) is 96.6 cm³/mol. The molecule has 1 aliphatic heterocycles. The van der Waals surface area contributed by atoms with Crippen molar-refractivity contribution in [3.63, 3.8) is 0 Å². The first kappa shape index (κ1) is 17.5. The van der Waals surface area contributed by atoms with E-state index in [0.29, 0.717) is 23.1 Å². The van der Waals surface area contributed by atoms with E-state index in [-0.39, 0.29) is 11.7 Å². The van der Waals surface area contributed by atoms with Crippen LogP contribution in [0.15, 0.2) is 27.4 Å². The third-order valence-electron chi connectivity index (χ3n) is 5.09. The van der Waals surface area contributed by atoms with E-state index >= 15 is 0 Å². The predicted octanol–water partition coefficient (Wildman–Crippen LogP) is 3.60. The first-order valence-electron chi connectivity index (χ1n) is 8.63. The van der Waals surface area contributed by atoms with Gasteiger partial charge in [-0.2, -0.15) is 0 Å². The number of hydrogen-bond donors (Lipinski definition) is 1. The Bertz CT molecular complexity index is 776. The van der Waals surface area contributed by atoms with E-state index in [0.717, 1.165) is 48.9 Å². The molecule has 0 spiro atoms. The minimum atomic E-state index is -0.319. The topological polar surface area (TPSA) is 53.7 Å². The molecule has 0 amide bonds. The summed E-state index contributed by atoms with van der Waals surface area (Å²) in [7, 11) is 0. The smallest absolute Gasteiger partial charge is 0.336 e. The molecule has 0 aliphatic carbocycles. The number of rotatable bonds is 4. The Morgan fingerprint density at radius 3 is 2.62 bits per heavy atom. The Hall–Kier alpha value is -1.36. The summed E-state index contributed by atoms with van der Waals surface area (Å²) >= 11 is 6.35. The number of nitrogens with zero attached hydrogens (tertiary/aromatic N) is 1. The molecule has 2 heterocycles. The van der Waals surface area contributed by atoms with Gasteiger partial charge in [-0.15, -0.1) is 0 Å². The lowest BCUT2D eigenvalue weighted by atomic mass is 9.92. The summed E-state index contributed by atoms with van der Waals surface area (Å²) in [4.78, 5) is 14.2. The molecule has 130 valence electrons. The van der Waals surface area contributed by atoms with Gasteiger partial charge in [-0.1, -0.05) is 18.5 Å². The van der Waals surface area contributed by atoms with Crippen molar-refractivity contribution < 1.29 is 9.52 Å². The molecule has 0 radical (unpaired) electrons. The van der Waals surface area contributed by atoms with Crippen LogP contribution in [0, 0.1) is 5.92 Å². The molecule has 0 bridgehead atoms.